The van der Waals surface area contributed by atoms with Crippen LogP contribution in [0.3, 0.4) is 0 Å². The standard InChI is InChI=1S/C4H6OSi.C3H6O.C2H2OSi2.CH2OSi.2CH4/c1-4(2)5-6-3;1-3(2)4;1-4-3-5-2;1-3-2;;/h3H,1H2,2H3;1-2H3;1-2H;1-2H;2*1H4. The molecule has 0 amide bonds. The number of rotatable bonds is 1. The highest BCUT2D eigenvalue weighted by atomic mass is 28.3. The summed E-state index contributed by atoms with van der Waals surface area (Å²) in [5.41, 5.74) is 0. The Morgan fingerprint density at radius 1 is 1.00 bits per heavy atom. The van der Waals surface area contributed by atoms with Crippen molar-refractivity contribution in [2.75, 3.05) is 0 Å². The zero-order valence-electron chi connectivity index (χ0n) is 10.7. The maximum Gasteiger partial charge on any atom is 0.245 e. The number of allylic oxidation sites excluding steroid dienone is 1. The molecule has 0 fully saturated rings. The van der Waals surface area contributed by atoms with Gasteiger partial charge in [-0.1, -0.05) is 21.4 Å². The molecule has 0 aromatic carbocycles. The molecule has 0 atom stereocenters. The molecular formula is C12H24O4Si4. The molecule has 0 bridgehead atoms. The first kappa shape index (κ1) is 36.4. The molecule has 0 unspecified atom stereocenters. The van der Waals surface area contributed by atoms with Gasteiger partial charge in [0.2, 0.25) is 36.8 Å². The normalized spacial score (nSPS) is 4.35. The second-order valence-corrected chi connectivity index (χ2v) is 4.28. The van der Waals surface area contributed by atoms with Crippen molar-refractivity contribution < 1.29 is 18.1 Å². The summed E-state index contributed by atoms with van der Waals surface area (Å²) < 4.78 is 9.10. The van der Waals surface area contributed by atoms with Gasteiger partial charge in [0.05, 0.1) is 5.76 Å². The van der Waals surface area contributed by atoms with E-state index in [1.165, 1.54) is 13.8 Å². The van der Waals surface area contributed by atoms with Crippen molar-refractivity contribution in [1.82, 2.24) is 0 Å². The molecule has 0 aliphatic carbocycles. The van der Waals surface area contributed by atoms with E-state index in [9.17, 15) is 4.79 Å². The monoisotopic (exact) mass is 344 g/mol. The number of hydrogen-bond donors (Lipinski definition) is 1. The highest BCUT2D eigenvalue weighted by Crippen LogP contribution is 1.80. The molecule has 112 valence electrons. The summed E-state index contributed by atoms with van der Waals surface area (Å²) in [5, 5.41) is 0. The highest BCUT2D eigenvalue weighted by Gasteiger charge is 1.69. The molecule has 0 aromatic heterocycles. The van der Waals surface area contributed by atoms with E-state index in [2.05, 4.69) is 21.1 Å². The van der Waals surface area contributed by atoms with Crippen LogP contribution in [-0.4, -0.2) is 47.4 Å². The molecular weight excluding hydrogens is 320 g/mol. The zero-order valence-corrected chi connectivity index (χ0v) is 14.7. The van der Waals surface area contributed by atoms with Gasteiger partial charge in [-0.05, 0) is 20.8 Å². The van der Waals surface area contributed by atoms with Gasteiger partial charge in [0.15, 0.2) is 0 Å². The smallest absolute Gasteiger partial charge is 0.245 e. The molecule has 20 heavy (non-hydrogen) atoms. The average Bonchev–Trinajstić information content (AvgIpc) is 2.19. The van der Waals surface area contributed by atoms with E-state index in [-0.39, 0.29) is 48.2 Å². The second kappa shape index (κ2) is 43.1. The minimum atomic E-state index is -0.417. The van der Waals surface area contributed by atoms with E-state index in [1.807, 2.05) is 0 Å². The summed E-state index contributed by atoms with van der Waals surface area (Å²) in [6.07, 6.45) is 0. The van der Waals surface area contributed by atoms with E-state index in [1.54, 1.807) is 6.92 Å². The average molecular weight is 345 g/mol. The van der Waals surface area contributed by atoms with Crippen LogP contribution in [0.5, 0.6) is 0 Å². The number of Topliss-reactive ketones (excluding diaryl/α,β-unsaturated/α-hetero) is 1. The molecule has 0 spiro atoms. The fourth-order valence-corrected chi connectivity index (χ4v) is 0.608. The molecule has 0 saturated heterocycles. The Hall–Kier alpha value is -1.20. The van der Waals surface area contributed by atoms with Crippen molar-refractivity contribution in [3.8, 4) is 24.0 Å². The maximum atomic E-state index is 9.44. The van der Waals surface area contributed by atoms with Crippen molar-refractivity contribution in [2.45, 2.75) is 35.6 Å². The third-order valence-electron chi connectivity index (χ3n) is 0.351. The predicted molar refractivity (Wildman–Crippen MR) is 91.8 cm³/mol. The van der Waals surface area contributed by atoms with Gasteiger partial charge >= 0.3 is 0 Å². The topological polar surface area (TPSA) is 55.8 Å². The Labute approximate surface area is 133 Å². The highest BCUT2D eigenvalue weighted by molar-refractivity contribution is 6.28. The largest absolute Gasteiger partial charge is 0.521 e. The Morgan fingerprint density at radius 3 is 1.25 bits per heavy atom. The summed E-state index contributed by atoms with van der Waals surface area (Å²) >= 11 is 0. The fourth-order valence-electron chi connectivity index (χ4n) is 0.135. The van der Waals surface area contributed by atoms with Gasteiger partial charge in [0, 0.05) is 0 Å². The van der Waals surface area contributed by atoms with Crippen LogP contribution in [0.15, 0.2) is 12.3 Å². The van der Waals surface area contributed by atoms with Crippen molar-refractivity contribution in [3.63, 3.8) is 0 Å². The lowest BCUT2D eigenvalue weighted by atomic mass is 10.6. The minimum Gasteiger partial charge on any atom is -0.521 e. The van der Waals surface area contributed by atoms with Crippen molar-refractivity contribution in [3.05, 3.63) is 12.3 Å². The molecule has 4 nitrogen and oxygen atoms in total. The van der Waals surface area contributed by atoms with E-state index in [0.29, 0.717) is 5.76 Å². The van der Waals surface area contributed by atoms with E-state index in [4.69, 9.17) is 22.8 Å². The molecule has 1 N–H and O–H groups in total. The van der Waals surface area contributed by atoms with Crippen LogP contribution in [0.25, 0.3) is 0 Å². The van der Waals surface area contributed by atoms with Crippen LogP contribution >= 0.6 is 0 Å². The lowest BCUT2D eigenvalue weighted by molar-refractivity contribution is -0.114. The Bertz CT molecular complexity index is 364. The third-order valence-corrected chi connectivity index (χ3v) is 1.76. The van der Waals surface area contributed by atoms with Crippen LogP contribution in [-0.2, 0) is 13.3 Å². The van der Waals surface area contributed by atoms with Gasteiger partial charge in [-0.3, -0.25) is 0 Å². The number of ketones is 1. The Balaban J connectivity index is -0.0000000325. The van der Waals surface area contributed by atoms with Gasteiger partial charge in [0.25, 0.3) is 0 Å². The quantitative estimate of drug-likeness (QED) is 0.574. The molecule has 0 aliphatic heterocycles. The minimum absolute atomic E-state index is 0. The first-order valence-electron chi connectivity index (χ1n) is 4.25. The lowest BCUT2D eigenvalue weighted by Crippen LogP contribution is -1.77. The van der Waals surface area contributed by atoms with E-state index >= 15 is 0 Å². The summed E-state index contributed by atoms with van der Waals surface area (Å²) in [5.74, 6) is 0.843. The summed E-state index contributed by atoms with van der Waals surface area (Å²) in [6, 6.07) is 19.1. The molecule has 0 heterocycles. The first-order chi connectivity index (χ1) is 8.33. The van der Waals surface area contributed by atoms with Gasteiger partial charge in [-0.25, -0.2) is 0 Å². The van der Waals surface area contributed by atoms with Crippen LogP contribution < -0.4 is 0 Å². The third kappa shape index (κ3) is 291. The molecule has 0 aromatic rings. The van der Waals surface area contributed by atoms with Gasteiger partial charge < -0.3 is 18.1 Å². The van der Waals surface area contributed by atoms with E-state index < -0.39 is 9.20 Å². The van der Waals surface area contributed by atoms with Crippen LogP contribution in [0.1, 0.15) is 35.6 Å². The molecule has 0 radical (unpaired) electrons. The molecule has 0 aliphatic rings. The van der Waals surface area contributed by atoms with Gasteiger partial charge in [-0.2, -0.15) is 0 Å². The summed E-state index contributed by atoms with van der Waals surface area (Å²) in [6.45, 7) is 8.27. The lowest BCUT2D eigenvalue weighted by Gasteiger charge is -1.87. The van der Waals surface area contributed by atoms with Crippen LogP contribution in [0.2, 0.25) is 0 Å². The summed E-state index contributed by atoms with van der Waals surface area (Å²) in [4.78, 5) is 16.8. The number of carbonyl (C=O) groups is 1. The van der Waals surface area contributed by atoms with Gasteiger partial charge in [0.1, 0.15) is 5.78 Å². The SMILES string of the molecule is C.C.C#[Si]O.C#[Si]OC(=C)C.C#[Si]O[Si]#C.CC(C)=O. The second-order valence-electron chi connectivity index (χ2n) is 2.30. The molecule has 8 heteroatoms. The van der Waals surface area contributed by atoms with Crippen LogP contribution in [0, 0.1) is 24.0 Å². The van der Waals surface area contributed by atoms with Crippen molar-refractivity contribution in [2.24, 2.45) is 0 Å². The number of carbonyl (C=O) groups excluding carboxylic acids is 1. The Kier molecular flexibility index (Phi) is 78.3. The van der Waals surface area contributed by atoms with Crippen LogP contribution in [0.4, 0.5) is 0 Å². The molecule has 0 rings (SSSR count). The first-order valence-corrected chi connectivity index (χ1v) is 8.23. The fraction of sp³-hybridized carbons (Fsp3) is 0.417. The predicted octanol–water partition coefficient (Wildman–Crippen LogP) is 1.22. The van der Waals surface area contributed by atoms with E-state index in [0.717, 1.165) is 0 Å². The number of hydrogen-bond acceptors (Lipinski definition) is 4. The summed E-state index contributed by atoms with van der Waals surface area (Å²) in [7, 11) is -0.288. The maximum absolute atomic E-state index is 9.44. The zero-order chi connectivity index (χ0) is 15.4. The Morgan fingerprint density at radius 2 is 1.25 bits per heavy atom. The molecule has 0 saturated carbocycles. The van der Waals surface area contributed by atoms with Gasteiger partial charge in [-0.15, -0.1) is 24.0 Å². The van der Waals surface area contributed by atoms with Crippen molar-refractivity contribution in [1.29, 1.82) is 0 Å². The van der Waals surface area contributed by atoms with Crippen molar-refractivity contribution >= 4 is 42.6 Å².